The lowest BCUT2D eigenvalue weighted by Gasteiger charge is -2.08. The maximum absolute atomic E-state index is 13.0. The summed E-state index contributed by atoms with van der Waals surface area (Å²) in [5.74, 6) is -0.0651. The second-order valence-corrected chi connectivity index (χ2v) is 3.25. The van der Waals surface area contributed by atoms with E-state index in [1.807, 2.05) is 0 Å². The van der Waals surface area contributed by atoms with Crippen LogP contribution in [0.25, 0.3) is 0 Å². The zero-order chi connectivity index (χ0) is 10.6. The van der Waals surface area contributed by atoms with Crippen molar-refractivity contribution in [3.05, 3.63) is 28.0 Å². The normalized spacial score (nSPS) is 9.36. The van der Waals surface area contributed by atoms with Crippen molar-refractivity contribution in [3.63, 3.8) is 0 Å². The number of aliphatic imine (C=N–C) groups is 1. The fourth-order valence-corrected chi connectivity index (χ4v) is 1.58. The van der Waals surface area contributed by atoms with Gasteiger partial charge in [-0.05, 0) is 22.0 Å². The smallest absolute Gasteiger partial charge is 0.235 e. The van der Waals surface area contributed by atoms with Gasteiger partial charge in [-0.2, -0.15) is 0 Å². The van der Waals surface area contributed by atoms with Crippen LogP contribution in [0.1, 0.15) is 5.56 Å². The second kappa shape index (κ2) is 4.88. The zero-order valence-corrected chi connectivity index (χ0v) is 8.97. The van der Waals surface area contributed by atoms with Gasteiger partial charge in [0.25, 0.3) is 0 Å². The Morgan fingerprint density at radius 2 is 2.36 bits per heavy atom. The van der Waals surface area contributed by atoms with Gasteiger partial charge in [-0.3, -0.25) is 0 Å². The summed E-state index contributed by atoms with van der Waals surface area (Å²) in [6.07, 6.45) is 1.41. The monoisotopic (exact) mass is 259 g/mol. The number of methoxy groups -OCH3 is 1. The van der Waals surface area contributed by atoms with E-state index in [0.717, 1.165) is 0 Å². The van der Waals surface area contributed by atoms with Gasteiger partial charge in [-0.25, -0.2) is 14.2 Å². The Morgan fingerprint density at radius 3 is 2.93 bits per heavy atom. The van der Waals surface area contributed by atoms with Crippen LogP contribution in [0.5, 0.6) is 5.75 Å². The quantitative estimate of drug-likeness (QED) is 0.618. The van der Waals surface area contributed by atoms with Crippen LogP contribution in [0.15, 0.2) is 21.6 Å². The average Bonchev–Trinajstić information content (AvgIpc) is 2.20. The molecule has 1 rings (SSSR count). The minimum absolute atomic E-state index is 0.131. The summed E-state index contributed by atoms with van der Waals surface area (Å²) in [6.45, 7) is 0.131. The van der Waals surface area contributed by atoms with E-state index in [1.165, 1.54) is 25.3 Å². The molecule has 1 aromatic carbocycles. The third-order valence-electron chi connectivity index (χ3n) is 1.65. The van der Waals surface area contributed by atoms with Crippen molar-refractivity contribution < 1.29 is 13.9 Å². The maximum atomic E-state index is 13.0. The molecule has 0 saturated heterocycles. The van der Waals surface area contributed by atoms with E-state index < -0.39 is 5.82 Å². The highest BCUT2D eigenvalue weighted by Gasteiger charge is 2.11. The number of ether oxygens (including phenoxy) is 1. The van der Waals surface area contributed by atoms with Crippen LogP contribution in [0.2, 0.25) is 0 Å². The maximum Gasteiger partial charge on any atom is 0.235 e. The SMILES string of the molecule is COc1c(CN=C=O)ccc(F)c1Br. The highest BCUT2D eigenvalue weighted by atomic mass is 79.9. The van der Waals surface area contributed by atoms with Crippen molar-refractivity contribution in [2.24, 2.45) is 4.99 Å². The zero-order valence-electron chi connectivity index (χ0n) is 7.38. The van der Waals surface area contributed by atoms with Crippen LogP contribution in [-0.2, 0) is 11.3 Å². The molecule has 1 aromatic rings. The molecule has 0 radical (unpaired) electrons. The third kappa shape index (κ3) is 2.19. The molecule has 0 aliphatic carbocycles. The molecule has 0 spiro atoms. The van der Waals surface area contributed by atoms with Crippen molar-refractivity contribution in [1.29, 1.82) is 0 Å². The molecule has 0 aromatic heterocycles. The lowest BCUT2D eigenvalue weighted by Crippen LogP contribution is -1.94. The van der Waals surface area contributed by atoms with E-state index >= 15 is 0 Å². The number of hydrogen-bond acceptors (Lipinski definition) is 3. The number of nitrogens with zero attached hydrogens (tertiary/aromatic N) is 1. The third-order valence-corrected chi connectivity index (χ3v) is 2.39. The van der Waals surface area contributed by atoms with E-state index in [2.05, 4.69) is 20.9 Å². The van der Waals surface area contributed by atoms with Crippen molar-refractivity contribution in [2.75, 3.05) is 7.11 Å². The summed E-state index contributed by atoms with van der Waals surface area (Å²) in [4.78, 5) is 13.3. The number of isocyanates is 1. The summed E-state index contributed by atoms with van der Waals surface area (Å²) in [5.41, 5.74) is 0.629. The molecule has 14 heavy (non-hydrogen) atoms. The van der Waals surface area contributed by atoms with Gasteiger partial charge in [0, 0.05) is 5.56 Å². The van der Waals surface area contributed by atoms with Gasteiger partial charge in [0.1, 0.15) is 11.6 Å². The Morgan fingerprint density at radius 1 is 1.64 bits per heavy atom. The van der Waals surface area contributed by atoms with Crippen LogP contribution < -0.4 is 4.74 Å². The Bertz CT molecular complexity index is 389. The van der Waals surface area contributed by atoms with Gasteiger partial charge >= 0.3 is 0 Å². The Kier molecular flexibility index (Phi) is 3.80. The standard InChI is InChI=1S/C9H7BrFNO2/c1-14-9-6(4-12-5-13)2-3-7(11)8(9)10/h2-3H,4H2,1H3. The second-order valence-electron chi connectivity index (χ2n) is 2.46. The summed E-state index contributed by atoms with van der Waals surface area (Å²) in [7, 11) is 1.42. The minimum Gasteiger partial charge on any atom is -0.495 e. The predicted octanol–water partition coefficient (Wildman–Crippen LogP) is 2.43. The fraction of sp³-hybridized carbons (Fsp3) is 0.222. The molecule has 0 atom stereocenters. The van der Waals surface area contributed by atoms with Crippen LogP contribution in [0.4, 0.5) is 4.39 Å². The van der Waals surface area contributed by atoms with Crippen LogP contribution in [0, 0.1) is 5.82 Å². The lowest BCUT2D eigenvalue weighted by atomic mass is 10.2. The van der Waals surface area contributed by atoms with E-state index in [4.69, 9.17) is 4.74 Å². The molecule has 0 aliphatic rings. The highest BCUT2D eigenvalue weighted by molar-refractivity contribution is 9.10. The molecular weight excluding hydrogens is 253 g/mol. The van der Waals surface area contributed by atoms with Crippen molar-refractivity contribution in [1.82, 2.24) is 0 Å². The first-order chi connectivity index (χ1) is 6.70. The molecule has 0 bridgehead atoms. The van der Waals surface area contributed by atoms with Crippen molar-refractivity contribution in [3.8, 4) is 5.75 Å². The topological polar surface area (TPSA) is 38.7 Å². The predicted molar refractivity (Wildman–Crippen MR) is 52.5 cm³/mol. The molecule has 5 heteroatoms. The highest BCUT2D eigenvalue weighted by Crippen LogP contribution is 2.31. The molecule has 0 unspecified atom stereocenters. The molecule has 0 N–H and O–H groups in total. The number of carbonyl (C=O) groups excluding carboxylic acids is 1. The molecule has 0 fully saturated rings. The Balaban J connectivity index is 3.16. The first-order valence-electron chi connectivity index (χ1n) is 3.75. The van der Waals surface area contributed by atoms with Crippen molar-refractivity contribution in [2.45, 2.75) is 6.54 Å². The van der Waals surface area contributed by atoms with Crippen LogP contribution in [0.3, 0.4) is 0 Å². The first kappa shape index (κ1) is 10.9. The molecule has 3 nitrogen and oxygen atoms in total. The molecule has 0 heterocycles. The summed E-state index contributed by atoms with van der Waals surface area (Å²) in [6, 6.07) is 2.79. The van der Waals surface area contributed by atoms with Gasteiger partial charge < -0.3 is 4.74 Å². The molecule has 0 aliphatic heterocycles. The van der Waals surface area contributed by atoms with Crippen LogP contribution >= 0.6 is 15.9 Å². The molecular formula is C9H7BrFNO2. The van der Waals surface area contributed by atoms with E-state index in [0.29, 0.717) is 11.3 Å². The number of hydrogen-bond donors (Lipinski definition) is 0. The lowest BCUT2D eigenvalue weighted by molar-refractivity contribution is 0.402. The average molecular weight is 260 g/mol. The van der Waals surface area contributed by atoms with Gasteiger partial charge in [0.2, 0.25) is 6.08 Å². The van der Waals surface area contributed by atoms with Gasteiger partial charge in [0.05, 0.1) is 18.1 Å². The summed E-state index contributed by atoms with van der Waals surface area (Å²) < 4.78 is 18.2. The van der Waals surface area contributed by atoms with Gasteiger partial charge in [-0.15, -0.1) is 0 Å². The number of rotatable bonds is 3. The van der Waals surface area contributed by atoms with Gasteiger partial charge in [0.15, 0.2) is 0 Å². The van der Waals surface area contributed by atoms with Crippen molar-refractivity contribution >= 4 is 22.0 Å². The number of benzene rings is 1. The van der Waals surface area contributed by atoms with Gasteiger partial charge in [-0.1, -0.05) is 6.07 Å². The minimum atomic E-state index is -0.416. The molecule has 0 saturated carbocycles. The van der Waals surface area contributed by atoms with E-state index in [1.54, 1.807) is 0 Å². The Hall–Kier alpha value is -1.19. The fourth-order valence-electron chi connectivity index (χ4n) is 1.03. The van der Waals surface area contributed by atoms with Crippen LogP contribution in [-0.4, -0.2) is 13.2 Å². The Labute approximate surface area is 88.7 Å². The molecule has 74 valence electrons. The molecule has 0 amide bonds. The summed E-state index contributed by atoms with van der Waals surface area (Å²) in [5, 5.41) is 0. The first-order valence-corrected chi connectivity index (χ1v) is 4.54. The van der Waals surface area contributed by atoms with E-state index in [9.17, 15) is 9.18 Å². The number of halogens is 2. The van der Waals surface area contributed by atoms with E-state index in [-0.39, 0.29) is 11.0 Å². The summed E-state index contributed by atoms with van der Waals surface area (Å²) >= 11 is 3.04. The largest absolute Gasteiger partial charge is 0.495 e.